The van der Waals surface area contributed by atoms with Crippen molar-refractivity contribution in [3.05, 3.63) is 20.0 Å². The van der Waals surface area contributed by atoms with Gasteiger partial charge in [0.15, 0.2) is 0 Å². The van der Waals surface area contributed by atoms with Gasteiger partial charge in [0.05, 0.1) is 0 Å². The van der Waals surface area contributed by atoms with Gasteiger partial charge in [0.25, 0.3) is 0 Å². The third-order valence-corrected chi connectivity index (χ3v) is 1.25. The van der Waals surface area contributed by atoms with Crippen LogP contribution in [-0.4, -0.2) is 0 Å². The van der Waals surface area contributed by atoms with Gasteiger partial charge in [-0.25, -0.2) is 0 Å². The maximum Gasteiger partial charge on any atom is 0 e. The fourth-order valence-electron chi connectivity index (χ4n) is 0.884. The van der Waals surface area contributed by atoms with Crippen LogP contribution in [0.15, 0.2) is 0 Å². The van der Waals surface area contributed by atoms with Crippen LogP contribution in [0, 0.1) is 20.0 Å². The van der Waals surface area contributed by atoms with E-state index in [-0.39, 0.29) is 17.1 Å². The zero-order valence-corrected chi connectivity index (χ0v) is 7.82. The third kappa shape index (κ3) is 33.1. The predicted molar refractivity (Wildman–Crippen MR) is 34.9 cm³/mol. The van der Waals surface area contributed by atoms with Gasteiger partial charge in [-0.15, -0.1) is 0 Å². The molecule has 0 spiro atoms. The first kappa shape index (κ1) is 22.6. The Morgan fingerprint density at radius 2 is 0.583 bits per heavy atom. The van der Waals surface area contributed by atoms with E-state index in [0.717, 1.165) is 0 Å². The molecule has 0 aliphatic heterocycles. The Balaban J connectivity index is -0.0000000406. The number of rotatable bonds is 0. The Hall–Kier alpha value is -0.261. The molecule has 12 heavy (non-hydrogen) atoms. The van der Waals surface area contributed by atoms with E-state index in [1.54, 1.807) is 0 Å². The molecule has 0 heterocycles. The van der Waals surface area contributed by atoms with E-state index in [9.17, 15) is 0 Å². The van der Waals surface area contributed by atoms with Crippen LogP contribution < -0.4 is 0 Å². The van der Waals surface area contributed by atoms with Crippen LogP contribution >= 0.6 is 0 Å². The average Bonchev–Trinajstić information content (AvgIpc) is 2.71. The van der Waals surface area contributed by atoms with E-state index in [1.807, 2.05) is 0 Å². The summed E-state index contributed by atoms with van der Waals surface area (Å²) in [6, 6.07) is 0. The first-order valence-corrected chi connectivity index (χ1v) is 3.11. The molecule has 0 aromatic carbocycles. The molecule has 0 aromatic heterocycles. The molecule has 0 aromatic rings. The molecule has 0 unspecified atom stereocenters. The molecule has 1 rings (SSSR count). The van der Waals surface area contributed by atoms with Gasteiger partial charge in [-0.1, -0.05) is 32.1 Å². The van der Waals surface area contributed by atoms with Crippen LogP contribution in [0.2, 0.25) is 0 Å². The second-order valence-corrected chi connectivity index (χ2v) is 1.77. The topological polar surface area (TPSA) is 59.7 Å². The molecule has 0 N–H and O–H groups in total. The minimum atomic E-state index is 0. The fourth-order valence-corrected chi connectivity index (χ4v) is 0.884. The molecule has 1 aliphatic carbocycles. The Labute approximate surface area is 83.5 Å². The van der Waals surface area contributed by atoms with Crippen molar-refractivity contribution in [3.63, 3.8) is 0 Å². The van der Waals surface area contributed by atoms with Crippen molar-refractivity contribution in [1.82, 2.24) is 0 Å². The van der Waals surface area contributed by atoms with Crippen molar-refractivity contribution in [2.24, 2.45) is 0 Å². The fraction of sp³-hybridized carbons (Fsp3) is 0.625. The summed E-state index contributed by atoms with van der Waals surface area (Å²) in [6.07, 6.45) is 7.50. The monoisotopic (exact) mass is 209 g/mol. The Bertz CT molecular complexity index is 80.7. The number of hydrogen-bond acceptors (Lipinski definition) is 0. The predicted octanol–water partition coefficient (Wildman–Crippen LogP) is 1.84. The SMILES string of the molecule is C1CCCC1.[C-]#[O+].[C-]#[O+].[C-]#[O+].[Mn]. The van der Waals surface area contributed by atoms with Gasteiger partial charge < -0.3 is 0 Å². The normalized spacial score (nSPS) is 10.5. The Morgan fingerprint density at radius 1 is 0.500 bits per heavy atom. The molecule has 0 bridgehead atoms. The smallest absolute Gasteiger partial charge is 0 e. The minimum Gasteiger partial charge on any atom is 0 e. The van der Waals surface area contributed by atoms with E-state index < -0.39 is 0 Å². The standard InChI is InChI=1S/C5H10.3CO.Mn/c1-2-4-5-3-1;3*1-2;/h1-5H2;;;;. The second kappa shape index (κ2) is 45.4. The Morgan fingerprint density at radius 3 is 0.667 bits per heavy atom. The van der Waals surface area contributed by atoms with E-state index in [2.05, 4.69) is 20.0 Å². The molecule has 0 atom stereocenters. The zero-order valence-electron chi connectivity index (χ0n) is 6.64. The molecule has 67 valence electrons. The van der Waals surface area contributed by atoms with Gasteiger partial charge in [0, 0.05) is 17.1 Å². The first-order chi connectivity index (χ1) is 5.50. The van der Waals surface area contributed by atoms with E-state index >= 15 is 0 Å². The quantitative estimate of drug-likeness (QED) is 0.332. The van der Waals surface area contributed by atoms with Gasteiger partial charge >= 0.3 is 33.9 Å². The molecule has 1 radical (unpaired) electrons. The van der Waals surface area contributed by atoms with Crippen LogP contribution in [0.4, 0.5) is 0 Å². The average molecular weight is 209 g/mol. The van der Waals surface area contributed by atoms with Gasteiger partial charge in [-0.05, 0) is 0 Å². The summed E-state index contributed by atoms with van der Waals surface area (Å²) in [5.41, 5.74) is 0. The second-order valence-electron chi connectivity index (χ2n) is 1.77. The van der Waals surface area contributed by atoms with Crippen LogP contribution in [0.3, 0.4) is 0 Å². The van der Waals surface area contributed by atoms with Crippen molar-refractivity contribution >= 4 is 0 Å². The first-order valence-electron chi connectivity index (χ1n) is 3.11. The zero-order chi connectivity index (χ0) is 9.54. The molecular weight excluding hydrogens is 199 g/mol. The maximum atomic E-state index is 7.50. The van der Waals surface area contributed by atoms with E-state index in [0.29, 0.717) is 0 Å². The summed E-state index contributed by atoms with van der Waals surface area (Å²) < 4.78 is 22.5. The van der Waals surface area contributed by atoms with Crippen molar-refractivity contribution in [3.8, 4) is 0 Å². The van der Waals surface area contributed by atoms with Crippen LogP contribution in [0.1, 0.15) is 32.1 Å². The van der Waals surface area contributed by atoms with Crippen molar-refractivity contribution in [1.29, 1.82) is 0 Å². The van der Waals surface area contributed by atoms with Crippen molar-refractivity contribution in [2.75, 3.05) is 0 Å². The van der Waals surface area contributed by atoms with Crippen molar-refractivity contribution in [2.45, 2.75) is 32.1 Å². The maximum absolute atomic E-state index is 7.50. The molecular formula is C8H10MnO3. The molecule has 4 heteroatoms. The summed E-state index contributed by atoms with van der Waals surface area (Å²) >= 11 is 0. The molecule has 3 nitrogen and oxygen atoms in total. The molecule has 1 saturated carbocycles. The van der Waals surface area contributed by atoms with Crippen LogP contribution in [0.25, 0.3) is 0 Å². The van der Waals surface area contributed by atoms with Gasteiger partial charge in [0.1, 0.15) is 0 Å². The Kier molecular flexibility index (Phi) is 85.4. The summed E-state index contributed by atoms with van der Waals surface area (Å²) in [7, 11) is 0. The van der Waals surface area contributed by atoms with Crippen LogP contribution in [-0.2, 0) is 31.0 Å². The number of hydrogen-bond donors (Lipinski definition) is 0. The van der Waals surface area contributed by atoms with Gasteiger partial charge in [-0.2, -0.15) is 0 Å². The summed E-state index contributed by atoms with van der Waals surface area (Å²) in [5, 5.41) is 0. The largest absolute Gasteiger partial charge is 0 e. The summed E-state index contributed by atoms with van der Waals surface area (Å²) in [6.45, 7) is 13.5. The summed E-state index contributed by atoms with van der Waals surface area (Å²) in [4.78, 5) is 0. The van der Waals surface area contributed by atoms with Gasteiger partial charge in [-0.3, -0.25) is 0 Å². The minimum absolute atomic E-state index is 0. The van der Waals surface area contributed by atoms with Crippen molar-refractivity contribution < 1.29 is 31.0 Å². The summed E-state index contributed by atoms with van der Waals surface area (Å²) in [5.74, 6) is 0. The third-order valence-electron chi connectivity index (χ3n) is 1.25. The molecule has 1 aliphatic rings. The molecule has 1 fully saturated rings. The van der Waals surface area contributed by atoms with Crippen LogP contribution in [0.5, 0.6) is 0 Å². The molecule has 0 amide bonds. The molecule has 0 saturated heterocycles. The van der Waals surface area contributed by atoms with Gasteiger partial charge in [0.2, 0.25) is 0 Å². The van der Waals surface area contributed by atoms with E-state index in [1.165, 1.54) is 32.1 Å². The van der Waals surface area contributed by atoms with E-state index in [4.69, 9.17) is 14.0 Å².